The Morgan fingerprint density at radius 3 is 2.82 bits per heavy atom. The summed E-state index contributed by atoms with van der Waals surface area (Å²) < 4.78 is 5.68. The SMILES string of the molecule is CC[C@@H](N)c1ccc(OCCC2CCC2)cn1. The van der Waals surface area contributed by atoms with Crippen LogP contribution in [-0.4, -0.2) is 11.6 Å². The van der Waals surface area contributed by atoms with Crippen molar-refractivity contribution in [3.05, 3.63) is 24.0 Å². The third-order valence-corrected chi connectivity index (χ3v) is 3.60. The molecule has 1 aromatic heterocycles. The first-order valence-corrected chi connectivity index (χ1v) is 6.64. The third-order valence-electron chi connectivity index (χ3n) is 3.60. The van der Waals surface area contributed by atoms with Gasteiger partial charge in [-0.05, 0) is 30.9 Å². The lowest BCUT2D eigenvalue weighted by Crippen LogP contribution is -2.14. The predicted octanol–water partition coefficient (Wildman–Crippen LogP) is 3.06. The van der Waals surface area contributed by atoms with Crippen molar-refractivity contribution in [3.8, 4) is 5.75 Å². The maximum atomic E-state index is 5.91. The molecule has 1 heterocycles. The van der Waals surface area contributed by atoms with Crippen LogP contribution in [-0.2, 0) is 0 Å². The highest BCUT2D eigenvalue weighted by molar-refractivity contribution is 5.21. The van der Waals surface area contributed by atoms with E-state index in [2.05, 4.69) is 11.9 Å². The number of rotatable bonds is 6. The van der Waals surface area contributed by atoms with Crippen molar-refractivity contribution in [2.45, 2.75) is 45.1 Å². The van der Waals surface area contributed by atoms with Crippen LogP contribution in [0.5, 0.6) is 5.75 Å². The van der Waals surface area contributed by atoms with Crippen molar-refractivity contribution in [3.63, 3.8) is 0 Å². The molecule has 3 heteroatoms. The standard InChI is InChI=1S/C14H22N2O/c1-2-13(15)14-7-6-12(10-16-14)17-9-8-11-4-3-5-11/h6-7,10-11,13H,2-5,8-9,15H2,1H3/t13-/m1/s1. The zero-order valence-electron chi connectivity index (χ0n) is 10.6. The molecule has 1 fully saturated rings. The van der Waals surface area contributed by atoms with Gasteiger partial charge in [-0.2, -0.15) is 0 Å². The summed E-state index contributed by atoms with van der Waals surface area (Å²) in [4.78, 5) is 4.33. The summed E-state index contributed by atoms with van der Waals surface area (Å²) >= 11 is 0. The number of hydrogen-bond acceptors (Lipinski definition) is 3. The molecule has 17 heavy (non-hydrogen) atoms. The second-order valence-corrected chi connectivity index (χ2v) is 4.87. The molecule has 3 nitrogen and oxygen atoms in total. The molecular weight excluding hydrogens is 212 g/mol. The number of nitrogens with two attached hydrogens (primary N) is 1. The van der Waals surface area contributed by atoms with Crippen molar-refractivity contribution in [1.82, 2.24) is 4.98 Å². The molecule has 0 amide bonds. The van der Waals surface area contributed by atoms with Crippen LogP contribution in [0.4, 0.5) is 0 Å². The summed E-state index contributed by atoms with van der Waals surface area (Å²) in [5.41, 5.74) is 6.85. The van der Waals surface area contributed by atoms with E-state index in [0.29, 0.717) is 0 Å². The lowest BCUT2D eigenvalue weighted by Gasteiger charge is -2.24. The van der Waals surface area contributed by atoms with Crippen LogP contribution in [0.25, 0.3) is 0 Å². The molecule has 0 radical (unpaired) electrons. The second kappa shape index (κ2) is 6.01. The van der Waals surface area contributed by atoms with Crippen LogP contribution in [0.15, 0.2) is 18.3 Å². The van der Waals surface area contributed by atoms with Gasteiger partial charge in [0.2, 0.25) is 0 Å². The highest BCUT2D eigenvalue weighted by Gasteiger charge is 2.16. The molecule has 1 aromatic rings. The van der Waals surface area contributed by atoms with E-state index in [1.807, 2.05) is 12.1 Å². The molecule has 94 valence electrons. The van der Waals surface area contributed by atoms with E-state index in [4.69, 9.17) is 10.5 Å². The zero-order valence-corrected chi connectivity index (χ0v) is 10.6. The zero-order chi connectivity index (χ0) is 12.1. The summed E-state index contributed by atoms with van der Waals surface area (Å²) in [5, 5.41) is 0. The van der Waals surface area contributed by atoms with Gasteiger partial charge >= 0.3 is 0 Å². The van der Waals surface area contributed by atoms with Crippen molar-refractivity contribution < 1.29 is 4.74 Å². The maximum absolute atomic E-state index is 5.91. The van der Waals surface area contributed by atoms with Crippen LogP contribution in [0.2, 0.25) is 0 Å². The minimum atomic E-state index is 0.0408. The van der Waals surface area contributed by atoms with Crippen molar-refractivity contribution in [1.29, 1.82) is 0 Å². The Bertz CT molecular complexity index is 333. The van der Waals surface area contributed by atoms with Gasteiger partial charge in [0.25, 0.3) is 0 Å². The van der Waals surface area contributed by atoms with Crippen molar-refractivity contribution in [2.24, 2.45) is 11.7 Å². The fourth-order valence-electron chi connectivity index (χ4n) is 2.03. The largest absolute Gasteiger partial charge is 0.492 e. The van der Waals surface area contributed by atoms with Crippen LogP contribution in [0.3, 0.4) is 0 Å². The Morgan fingerprint density at radius 2 is 2.29 bits per heavy atom. The molecule has 1 aliphatic rings. The number of nitrogens with zero attached hydrogens (tertiary/aromatic N) is 1. The van der Waals surface area contributed by atoms with E-state index in [1.54, 1.807) is 6.20 Å². The first kappa shape index (κ1) is 12.4. The number of hydrogen-bond donors (Lipinski definition) is 1. The first-order valence-electron chi connectivity index (χ1n) is 6.64. The minimum absolute atomic E-state index is 0.0408. The van der Waals surface area contributed by atoms with E-state index in [9.17, 15) is 0 Å². The molecule has 0 aliphatic heterocycles. The van der Waals surface area contributed by atoms with Crippen LogP contribution < -0.4 is 10.5 Å². The summed E-state index contributed by atoms with van der Waals surface area (Å²) in [6.07, 6.45) is 8.03. The van der Waals surface area contributed by atoms with Crippen LogP contribution in [0.1, 0.15) is 50.8 Å². The molecule has 1 saturated carbocycles. The van der Waals surface area contributed by atoms with Gasteiger partial charge in [0, 0.05) is 6.04 Å². The first-order chi connectivity index (χ1) is 8.29. The van der Waals surface area contributed by atoms with Crippen molar-refractivity contribution >= 4 is 0 Å². The minimum Gasteiger partial charge on any atom is -0.492 e. The molecule has 2 rings (SSSR count). The van der Waals surface area contributed by atoms with Gasteiger partial charge in [0.1, 0.15) is 5.75 Å². The Kier molecular flexibility index (Phi) is 4.37. The van der Waals surface area contributed by atoms with E-state index in [1.165, 1.54) is 25.7 Å². The fourth-order valence-corrected chi connectivity index (χ4v) is 2.03. The van der Waals surface area contributed by atoms with Gasteiger partial charge in [-0.3, -0.25) is 4.98 Å². The van der Waals surface area contributed by atoms with Gasteiger partial charge in [-0.25, -0.2) is 0 Å². The Labute approximate surface area is 103 Å². The fraction of sp³-hybridized carbons (Fsp3) is 0.643. The van der Waals surface area contributed by atoms with E-state index in [-0.39, 0.29) is 6.04 Å². The normalized spacial score (nSPS) is 17.5. The second-order valence-electron chi connectivity index (χ2n) is 4.87. The highest BCUT2D eigenvalue weighted by Crippen LogP contribution is 2.29. The number of ether oxygens (including phenoxy) is 1. The van der Waals surface area contributed by atoms with Gasteiger partial charge in [0.05, 0.1) is 18.5 Å². The number of pyridine rings is 1. The average Bonchev–Trinajstić information content (AvgIpc) is 2.32. The summed E-state index contributed by atoms with van der Waals surface area (Å²) in [6, 6.07) is 3.98. The van der Waals surface area contributed by atoms with E-state index >= 15 is 0 Å². The van der Waals surface area contributed by atoms with Gasteiger partial charge < -0.3 is 10.5 Å². The quantitative estimate of drug-likeness (QED) is 0.823. The summed E-state index contributed by atoms with van der Waals surface area (Å²) in [7, 11) is 0. The third kappa shape index (κ3) is 3.43. The van der Waals surface area contributed by atoms with Crippen LogP contribution in [0, 0.1) is 5.92 Å². The molecule has 0 spiro atoms. The molecule has 0 aromatic carbocycles. The molecule has 0 unspecified atom stereocenters. The van der Waals surface area contributed by atoms with Crippen molar-refractivity contribution in [2.75, 3.05) is 6.61 Å². The molecule has 0 saturated heterocycles. The Hall–Kier alpha value is -1.09. The van der Waals surface area contributed by atoms with Crippen LogP contribution >= 0.6 is 0 Å². The topological polar surface area (TPSA) is 48.1 Å². The lowest BCUT2D eigenvalue weighted by atomic mass is 9.83. The number of aromatic nitrogens is 1. The average molecular weight is 234 g/mol. The van der Waals surface area contributed by atoms with Gasteiger partial charge in [0.15, 0.2) is 0 Å². The predicted molar refractivity (Wildman–Crippen MR) is 68.9 cm³/mol. The molecule has 0 bridgehead atoms. The van der Waals surface area contributed by atoms with E-state index < -0.39 is 0 Å². The van der Waals surface area contributed by atoms with Gasteiger partial charge in [-0.1, -0.05) is 26.2 Å². The highest BCUT2D eigenvalue weighted by atomic mass is 16.5. The van der Waals surface area contributed by atoms with E-state index in [0.717, 1.165) is 30.4 Å². The Morgan fingerprint density at radius 1 is 1.47 bits per heavy atom. The molecule has 1 aliphatic carbocycles. The Balaban J connectivity index is 1.76. The molecular formula is C14H22N2O. The van der Waals surface area contributed by atoms with Gasteiger partial charge in [-0.15, -0.1) is 0 Å². The lowest BCUT2D eigenvalue weighted by molar-refractivity contribution is 0.221. The molecule has 1 atom stereocenters. The summed E-state index contributed by atoms with van der Waals surface area (Å²) in [5.74, 6) is 1.76. The monoisotopic (exact) mass is 234 g/mol. The smallest absolute Gasteiger partial charge is 0.137 e. The molecule has 2 N–H and O–H groups in total. The maximum Gasteiger partial charge on any atom is 0.137 e. The summed E-state index contributed by atoms with van der Waals surface area (Å²) in [6.45, 7) is 2.88.